The van der Waals surface area contributed by atoms with Crippen LogP contribution in [0.25, 0.3) is 0 Å². The lowest BCUT2D eigenvalue weighted by Gasteiger charge is -2.23. The predicted molar refractivity (Wildman–Crippen MR) is 122 cm³/mol. The lowest BCUT2D eigenvalue weighted by atomic mass is 9.85. The highest BCUT2D eigenvalue weighted by atomic mass is 35.5. The molecule has 1 amide bonds. The number of carbonyl (C=O) groups excluding carboxylic acids is 2. The SMILES string of the molecule is CCOC(=O)[C@H](c1cccc(OC)c1)[C@@H]1C=C[C@@H](NC(=O)c2c(Cl)cc(Cl)cc2Cl)C1. The van der Waals surface area contributed by atoms with Crippen LogP contribution < -0.4 is 10.1 Å². The average molecular weight is 483 g/mol. The van der Waals surface area contributed by atoms with E-state index in [0.717, 1.165) is 5.56 Å². The summed E-state index contributed by atoms with van der Waals surface area (Å²) in [4.78, 5) is 25.5. The Morgan fingerprint density at radius 2 is 1.84 bits per heavy atom. The molecule has 0 saturated heterocycles. The molecule has 0 heterocycles. The molecule has 8 heteroatoms. The van der Waals surface area contributed by atoms with Gasteiger partial charge in [0.2, 0.25) is 0 Å². The zero-order valence-corrected chi connectivity index (χ0v) is 19.3. The van der Waals surface area contributed by atoms with Gasteiger partial charge in [0.05, 0.1) is 35.2 Å². The van der Waals surface area contributed by atoms with Crippen LogP contribution in [0.1, 0.15) is 35.2 Å². The topological polar surface area (TPSA) is 64.6 Å². The maximum Gasteiger partial charge on any atom is 0.314 e. The first kappa shape index (κ1) is 23.5. The van der Waals surface area contributed by atoms with Gasteiger partial charge in [-0.2, -0.15) is 0 Å². The first-order chi connectivity index (χ1) is 14.8. The van der Waals surface area contributed by atoms with Gasteiger partial charge in [-0.25, -0.2) is 0 Å². The van der Waals surface area contributed by atoms with E-state index >= 15 is 0 Å². The third-order valence-electron chi connectivity index (χ3n) is 5.09. The summed E-state index contributed by atoms with van der Waals surface area (Å²) < 4.78 is 10.6. The Hall–Kier alpha value is -2.21. The fourth-order valence-corrected chi connectivity index (χ4v) is 4.69. The van der Waals surface area contributed by atoms with Crippen molar-refractivity contribution in [3.8, 4) is 5.75 Å². The second kappa shape index (κ2) is 10.4. The second-order valence-electron chi connectivity index (χ2n) is 7.12. The predicted octanol–water partition coefficient (Wildman–Crippen LogP) is 5.68. The van der Waals surface area contributed by atoms with Crippen LogP contribution in [0.4, 0.5) is 0 Å². The molecule has 0 spiro atoms. The zero-order valence-electron chi connectivity index (χ0n) is 17.0. The van der Waals surface area contributed by atoms with E-state index in [1.165, 1.54) is 12.1 Å². The fourth-order valence-electron chi connectivity index (χ4n) is 3.71. The minimum Gasteiger partial charge on any atom is -0.497 e. The van der Waals surface area contributed by atoms with Crippen LogP contribution in [0.2, 0.25) is 15.1 Å². The number of benzene rings is 2. The summed E-state index contributed by atoms with van der Waals surface area (Å²) in [7, 11) is 1.58. The van der Waals surface area contributed by atoms with Gasteiger partial charge in [0.1, 0.15) is 5.75 Å². The van der Waals surface area contributed by atoms with E-state index in [0.29, 0.717) is 17.2 Å². The molecular weight excluding hydrogens is 461 g/mol. The number of carbonyl (C=O) groups is 2. The fraction of sp³-hybridized carbons (Fsp3) is 0.304. The molecule has 3 atom stereocenters. The van der Waals surface area contributed by atoms with Crippen molar-refractivity contribution in [2.75, 3.05) is 13.7 Å². The largest absolute Gasteiger partial charge is 0.497 e. The van der Waals surface area contributed by atoms with Crippen molar-refractivity contribution in [1.82, 2.24) is 5.32 Å². The van der Waals surface area contributed by atoms with Crippen LogP contribution >= 0.6 is 34.8 Å². The molecule has 5 nitrogen and oxygen atoms in total. The standard InChI is InChI=1S/C23H22Cl3NO4/c1-3-31-23(29)20(13-5-4-6-17(10-13)30-2)14-7-8-16(9-14)27-22(28)21-18(25)11-15(24)12-19(21)26/h4-8,10-12,14,16,20H,3,9H2,1-2H3,(H,27,28)/t14-,16-,20-/m1/s1. The normalized spacial score (nSPS) is 18.5. The maximum absolute atomic E-state index is 12.8. The lowest BCUT2D eigenvalue weighted by Crippen LogP contribution is -2.34. The Balaban J connectivity index is 1.77. The number of rotatable bonds is 7. The highest BCUT2D eigenvalue weighted by molar-refractivity contribution is 6.42. The van der Waals surface area contributed by atoms with Gasteiger partial charge >= 0.3 is 5.97 Å². The molecule has 1 N–H and O–H groups in total. The number of ether oxygens (including phenoxy) is 2. The molecule has 0 saturated carbocycles. The molecule has 0 radical (unpaired) electrons. The van der Waals surface area contributed by atoms with Crippen LogP contribution in [0.3, 0.4) is 0 Å². The van der Waals surface area contributed by atoms with E-state index in [1.54, 1.807) is 14.0 Å². The smallest absolute Gasteiger partial charge is 0.314 e. The van der Waals surface area contributed by atoms with Crippen molar-refractivity contribution in [3.63, 3.8) is 0 Å². The van der Waals surface area contributed by atoms with E-state index in [9.17, 15) is 9.59 Å². The average Bonchev–Trinajstić information content (AvgIpc) is 3.15. The molecule has 0 unspecified atom stereocenters. The quantitative estimate of drug-likeness (QED) is 0.407. The molecule has 0 aliphatic heterocycles. The van der Waals surface area contributed by atoms with Gasteiger partial charge in [-0.1, -0.05) is 59.1 Å². The van der Waals surface area contributed by atoms with Crippen molar-refractivity contribution in [3.05, 3.63) is 74.7 Å². The summed E-state index contributed by atoms with van der Waals surface area (Å²) in [6, 6.07) is 10.0. The number of nitrogens with one attached hydrogen (secondary N) is 1. The molecule has 0 bridgehead atoms. The first-order valence-electron chi connectivity index (χ1n) is 9.78. The number of esters is 1. The van der Waals surface area contributed by atoms with Gasteiger partial charge in [0.15, 0.2) is 0 Å². The molecule has 31 heavy (non-hydrogen) atoms. The second-order valence-corrected chi connectivity index (χ2v) is 8.37. The van der Waals surface area contributed by atoms with Crippen molar-refractivity contribution >= 4 is 46.7 Å². The van der Waals surface area contributed by atoms with E-state index < -0.39 is 11.8 Å². The Bertz CT molecular complexity index is 985. The first-order valence-corrected chi connectivity index (χ1v) is 10.9. The molecule has 1 aliphatic carbocycles. The lowest BCUT2D eigenvalue weighted by molar-refractivity contribution is -0.146. The van der Waals surface area contributed by atoms with Crippen molar-refractivity contribution < 1.29 is 19.1 Å². The monoisotopic (exact) mass is 481 g/mol. The molecule has 0 fully saturated rings. The van der Waals surface area contributed by atoms with Gasteiger partial charge in [0.25, 0.3) is 5.91 Å². The van der Waals surface area contributed by atoms with Gasteiger partial charge in [-0.15, -0.1) is 0 Å². The minimum atomic E-state index is -0.518. The maximum atomic E-state index is 12.8. The number of hydrogen-bond donors (Lipinski definition) is 1. The van der Waals surface area contributed by atoms with E-state index in [4.69, 9.17) is 44.3 Å². The van der Waals surface area contributed by atoms with Crippen molar-refractivity contribution in [2.45, 2.75) is 25.3 Å². The molecule has 1 aliphatic rings. The Morgan fingerprint density at radius 1 is 1.13 bits per heavy atom. The number of allylic oxidation sites excluding steroid dienone is 1. The van der Waals surface area contributed by atoms with E-state index in [-0.39, 0.29) is 40.1 Å². The molecule has 164 valence electrons. The summed E-state index contributed by atoms with van der Waals surface area (Å²) >= 11 is 18.2. The molecule has 2 aromatic rings. The van der Waals surface area contributed by atoms with Gasteiger partial charge in [-0.3, -0.25) is 9.59 Å². The summed E-state index contributed by atoms with van der Waals surface area (Å²) in [6.45, 7) is 2.05. The summed E-state index contributed by atoms with van der Waals surface area (Å²) in [5.74, 6) is -0.744. The zero-order chi connectivity index (χ0) is 22.5. The van der Waals surface area contributed by atoms with Crippen LogP contribution in [-0.2, 0) is 9.53 Å². The van der Waals surface area contributed by atoms with Crippen LogP contribution in [0, 0.1) is 5.92 Å². The van der Waals surface area contributed by atoms with Gasteiger partial charge < -0.3 is 14.8 Å². The van der Waals surface area contributed by atoms with Gasteiger partial charge in [0, 0.05) is 11.1 Å². The van der Waals surface area contributed by atoms with E-state index in [1.807, 2.05) is 36.4 Å². The highest BCUT2D eigenvalue weighted by Crippen LogP contribution is 2.36. The Labute approximate surface area is 196 Å². The summed E-state index contributed by atoms with van der Waals surface area (Å²) in [5, 5.41) is 3.61. The third-order valence-corrected chi connectivity index (χ3v) is 5.90. The van der Waals surface area contributed by atoms with E-state index in [2.05, 4.69) is 5.32 Å². The van der Waals surface area contributed by atoms with Crippen LogP contribution in [0.15, 0.2) is 48.6 Å². The number of halogens is 3. The molecular formula is C23H22Cl3NO4. The molecule has 2 aromatic carbocycles. The van der Waals surface area contributed by atoms with Crippen molar-refractivity contribution in [1.29, 1.82) is 0 Å². The summed E-state index contributed by atoms with van der Waals surface area (Å²) in [6.07, 6.45) is 4.32. The molecule has 3 rings (SSSR count). The van der Waals surface area contributed by atoms with Crippen molar-refractivity contribution in [2.24, 2.45) is 5.92 Å². The molecule has 0 aromatic heterocycles. The van der Waals surface area contributed by atoms with Gasteiger partial charge in [-0.05, 0) is 49.1 Å². The third kappa shape index (κ3) is 5.53. The minimum absolute atomic E-state index is 0.160. The highest BCUT2D eigenvalue weighted by Gasteiger charge is 2.35. The number of amides is 1. The number of hydrogen-bond acceptors (Lipinski definition) is 4. The van der Waals surface area contributed by atoms with Crippen LogP contribution in [-0.4, -0.2) is 31.6 Å². The summed E-state index contributed by atoms with van der Waals surface area (Å²) in [5.41, 5.74) is 0.961. The Morgan fingerprint density at radius 3 is 2.48 bits per heavy atom. The van der Waals surface area contributed by atoms with Crippen LogP contribution in [0.5, 0.6) is 5.75 Å². The number of methoxy groups -OCH3 is 1. The Kier molecular flexibility index (Phi) is 7.87.